The molecule has 2 fully saturated rings. The van der Waals surface area contributed by atoms with Gasteiger partial charge in [-0.25, -0.2) is 4.98 Å². The highest BCUT2D eigenvalue weighted by Gasteiger charge is 2.26. The van der Waals surface area contributed by atoms with Crippen LogP contribution in [0.5, 0.6) is 0 Å². The SMILES string of the molecule is NCc1cccnc1N1CCC(N2CCCCC2)CC1. The maximum Gasteiger partial charge on any atom is 0.133 e. The van der Waals surface area contributed by atoms with Gasteiger partial charge in [-0.2, -0.15) is 0 Å². The van der Waals surface area contributed by atoms with E-state index in [9.17, 15) is 0 Å². The summed E-state index contributed by atoms with van der Waals surface area (Å²) >= 11 is 0. The van der Waals surface area contributed by atoms with Crippen molar-refractivity contribution in [2.45, 2.75) is 44.7 Å². The second kappa shape index (κ2) is 6.55. The molecular formula is C16H26N4. The fraction of sp³-hybridized carbons (Fsp3) is 0.688. The van der Waals surface area contributed by atoms with Crippen LogP contribution in [0.2, 0.25) is 0 Å². The molecule has 0 bridgehead atoms. The molecule has 0 atom stereocenters. The number of likely N-dealkylation sites (tertiary alicyclic amines) is 1. The molecule has 3 heterocycles. The van der Waals surface area contributed by atoms with Gasteiger partial charge in [0, 0.05) is 37.4 Å². The van der Waals surface area contributed by atoms with E-state index in [2.05, 4.69) is 20.9 Å². The first-order chi connectivity index (χ1) is 9.88. The van der Waals surface area contributed by atoms with E-state index >= 15 is 0 Å². The fourth-order valence-electron chi connectivity index (χ4n) is 3.60. The lowest BCUT2D eigenvalue weighted by Crippen LogP contribution is -2.47. The average Bonchev–Trinajstić information content (AvgIpc) is 2.56. The zero-order chi connectivity index (χ0) is 13.8. The summed E-state index contributed by atoms with van der Waals surface area (Å²) in [6, 6.07) is 4.86. The van der Waals surface area contributed by atoms with Crippen molar-refractivity contribution in [1.82, 2.24) is 9.88 Å². The second-order valence-corrected chi connectivity index (χ2v) is 6.01. The monoisotopic (exact) mass is 274 g/mol. The van der Waals surface area contributed by atoms with Crippen LogP contribution in [0.4, 0.5) is 5.82 Å². The molecule has 2 saturated heterocycles. The highest BCUT2D eigenvalue weighted by atomic mass is 15.2. The Bertz CT molecular complexity index is 420. The van der Waals surface area contributed by atoms with E-state index in [-0.39, 0.29) is 0 Å². The molecule has 0 spiro atoms. The Labute approximate surface area is 122 Å². The van der Waals surface area contributed by atoms with Crippen LogP contribution in [0.3, 0.4) is 0 Å². The van der Waals surface area contributed by atoms with E-state index in [0.717, 1.165) is 24.9 Å². The lowest BCUT2D eigenvalue weighted by Gasteiger charge is -2.40. The van der Waals surface area contributed by atoms with Crippen molar-refractivity contribution in [2.24, 2.45) is 5.73 Å². The number of hydrogen-bond acceptors (Lipinski definition) is 4. The highest BCUT2D eigenvalue weighted by Crippen LogP contribution is 2.25. The minimum absolute atomic E-state index is 0.579. The maximum atomic E-state index is 5.83. The van der Waals surface area contributed by atoms with Crippen LogP contribution in [0, 0.1) is 0 Å². The molecule has 0 aliphatic carbocycles. The number of nitrogens with two attached hydrogens (primary N) is 1. The van der Waals surface area contributed by atoms with Crippen molar-refractivity contribution in [3.8, 4) is 0 Å². The first kappa shape index (κ1) is 13.8. The molecule has 0 aromatic carbocycles. The Hall–Kier alpha value is -1.13. The maximum absolute atomic E-state index is 5.83. The zero-order valence-electron chi connectivity index (χ0n) is 12.3. The molecule has 2 aliphatic heterocycles. The van der Waals surface area contributed by atoms with E-state index in [4.69, 9.17) is 5.73 Å². The molecule has 0 unspecified atom stereocenters. The molecule has 20 heavy (non-hydrogen) atoms. The summed E-state index contributed by atoms with van der Waals surface area (Å²) in [6.45, 7) is 5.43. The Kier molecular flexibility index (Phi) is 4.53. The number of hydrogen-bond donors (Lipinski definition) is 1. The lowest BCUT2D eigenvalue weighted by atomic mass is 9.99. The molecule has 3 rings (SSSR count). The number of nitrogens with zero attached hydrogens (tertiary/aromatic N) is 3. The van der Waals surface area contributed by atoms with E-state index < -0.39 is 0 Å². The van der Waals surface area contributed by atoms with E-state index in [1.807, 2.05) is 12.3 Å². The van der Waals surface area contributed by atoms with Gasteiger partial charge in [-0.05, 0) is 44.8 Å². The third-order valence-electron chi connectivity index (χ3n) is 4.76. The number of piperidine rings is 2. The van der Waals surface area contributed by atoms with E-state index in [1.165, 1.54) is 50.8 Å². The first-order valence-electron chi connectivity index (χ1n) is 8.01. The first-order valence-corrected chi connectivity index (χ1v) is 8.01. The van der Waals surface area contributed by atoms with Crippen molar-refractivity contribution < 1.29 is 0 Å². The van der Waals surface area contributed by atoms with Crippen LogP contribution >= 0.6 is 0 Å². The Morgan fingerprint density at radius 2 is 1.85 bits per heavy atom. The molecule has 110 valence electrons. The fourth-order valence-corrected chi connectivity index (χ4v) is 3.60. The number of rotatable bonds is 3. The van der Waals surface area contributed by atoms with Gasteiger partial charge in [-0.15, -0.1) is 0 Å². The lowest BCUT2D eigenvalue weighted by molar-refractivity contribution is 0.141. The predicted molar refractivity (Wildman–Crippen MR) is 82.8 cm³/mol. The summed E-state index contributed by atoms with van der Waals surface area (Å²) in [4.78, 5) is 9.67. The summed E-state index contributed by atoms with van der Waals surface area (Å²) < 4.78 is 0. The van der Waals surface area contributed by atoms with Gasteiger partial charge in [0.05, 0.1) is 0 Å². The molecule has 0 amide bonds. The number of anilines is 1. The quantitative estimate of drug-likeness (QED) is 0.915. The summed E-state index contributed by atoms with van der Waals surface area (Å²) in [5, 5.41) is 0. The summed E-state index contributed by atoms with van der Waals surface area (Å²) in [5.41, 5.74) is 7.00. The molecule has 1 aromatic heterocycles. The van der Waals surface area contributed by atoms with Gasteiger partial charge in [-0.1, -0.05) is 12.5 Å². The number of aromatic nitrogens is 1. The van der Waals surface area contributed by atoms with E-state index in [0.29, 0.717) is 6.54 Å². The minimum Gasteiger partial charge on any atom is -0.356 e. The molecule has 0 radical (unpaired) electrons. The molecule has 2 N–H and O–H groups in total. The standard InChI is InChI=1S/C16H26N4/c17-13-14-5-4-8-18-16(14)20-11-6-15(7-12-20)19-9-2-1-3-10-19/h4-5,8,15H,1-3,6-7,9-13,17H2. The largest absolute Gasteiger partial charge is 0.356 e. The summed E-state index contributed by atoms with van der Waals surface area (Å²) in [5.74, 6) is 1.10. The van der Waals surface area contributed by atoms with Crippen LogP contribution in [0.25, 0.3) is 0 Å². The van der Waals surface area contributed by atoms with Gasteiger partial charge < -0.3 is 15.5 Å². The summed E-state index contributed by atoms with van der Waals surface area (Å²) in [6.07, 6.45) is 8.60. The van der Waals surface area contributed by atoms with Crippen LogP contribution in [0.1, 0.15) is 37.7 Å². The third kappa shape index (κ3) is 2.96. The third-order valence-corrected chi connectivity index (χ3v) is 4.76. The minimum atomic E-state index is 0.579. The van der Waals surface area contributed by atoms with Gasteiger partial charge in [0.25, 0.3) is 0 Å². The smallest absolute Gasteiger partial charge is 0.133 e. The highest BCUT2D eigenvalue weighted by molar-refractivity contribution is 5.47. The molecule has 1 aromatic rings. The summed E-state index contributed by atoms with van der Waals surface area (Å²) in [7, 11) is 0. The van der Waals surface area contributed by atoms with Gasteiger partial charge in [0.15, 0.2) is 0 Å². The van der Waals surface area contributed by atoms with Gasteiger partial charge in [-0.3, -0.25) is 0 Å². The van der Waals surface area contributed by atoms with Crippen LogP contribution in [-0.4, -0.2) is 42.1 Å². The Morgan fingerprint density at radius 3 is 2.55 bits per heavy atom. The zero-order valence-corrected chi connectivity index (χ0v) is 12.3. The molecule has 4 nitrogen and oxygen atoms in total. The van der Waals surface area contributed by atoms with Gasteiger partial charge in [0.2, 0.25) is 0 Å². The number of pyridine rings is 1. The molecular weight excluding hydrogens is 248 g/mol. The Morgan fingerprint density at radius 1 is 1.10 bits per heavy atom. The Balaban J connectivity index is 1.60. The van der Waals surface area contributed by atoms with Crippen molar-refractivity contribution >= 4 is 5.82 Å². The van der Waals surface area contributed by atoms with Crippen molar-refractivity contribution in [1.29, 1.82) is 0 Å². The van der Waals surface area contributed by atoms with Crippen molar-refractivity contribution in [2.75, 3.05) is 31.1 Å². The molecule has 2 aliphatic rings. The topological polar surface area (TPSA) is 45.4 Å². The van der Waals surface area contributed by atoms with E-state index in [1.54, 1.807) is 0 Å². The van der Waals surface area contributed by atoms with Crippen LogP contribution in [-0.2, 0) is 6.54 Å². The van der Waals surface area contributed by atoms with Crippen molar-refractivity contribution in [3.05, 3.63) is 23.9 Å². The van der Waals surface area contributed by atoms with Crippen molar-refractivity contribution in [3.63, 3.8) is 0 Å². The van der Waals surface area contributed by atoms with Gasteiger partial charge in [0.1, 0.15) is 5.82 Å². The second-order valence-electron chi connectivity index (χ2n) is 6.01. The molecule has 4 heteroatoms. The van der Waals surface area contributed by atoms with Crippen LogP contribution in [0.15, 0.2) is 18.3 Å². The molecule has 0 saturated carbocycles. The normalized spacial score (nSPS) is 22.1. The predicted octanol–water partition coefficient (Wildman–Crippen LogP) is 1.99. The van der Waals surface area contributed by atoms with Gasteiger partial charge >= 0.3 is 0 Å². The average molecular weight is 274 g/mol. The van der Waals surface area contributed by atoms with Crippen LogP contribution < -0.4 is 10.6 Å².